The Bertz CT molecular complexity index is 441. The molecule has 0 amide bonds. The van der Waals surface area contributed by atoms with Crippen LogP contribution in [0.4, 0.5) is 0 Å². The number of primary sulfonamides is 1. The normalized spacial score (nSPS) is 11.4. The fraction of sp³-hybridized carbons (Fsp3) is 0.375. The summed E-state index contributed by atoms with van der Waals surface area (Å²) < 4.78 is 27.1. The van der Waals surface area contributed by atoms with Gasteiger partial charge in [0.1, 0.15) is 10.1 Å². The molecule has 0 saturated heterocycles. The van der Waals surface area contributed by atoms with Crippen LogP contribution in [-0.4, -0.2) is 29.9 Å². The molecule has 0 fully saturated rings. The van der Waals surface area contributed by atoms with Gasteiger partial charge in [-0.1, -0.05) is 12.2 Å². The molecule has 5 nitrogen and oxygen atoms in total. The number of thiol groups is 1. The van der Waals surface area contributed by atoms with Crippen LogP contribution in [0.3, 0.4) is 0 Å². The molecule has 0 aliphatic heterocycles. The molecule has 16 heavy (non-hydrogen) atoms. The van der Waals surface area contributed by atoms with E-state index < -0.39 is 10.0 Å². The first-order valence-electron chi connectivity index (χ1n) is 4.39. The molecule has 0 aromatic carbocycles. The summed E-state index contributed by atoms with van der Waals surface area (Å²) >= 11 is 8.91. The number of hydrogen-bond donors (Lipinski definition) is 2. The maximum atomic E-state index is 10.8. The van der Waals surface area contributed by atoms with Crippen molar-refractivity contribution in [2.24, 2.45) is 5.14 Å². The molecule has 0 radical (unpaired) electrons. The summed E-state index contributed by atoms with van der Waals surface area (Å²) in [6.07, 6.45) is 1.54. The molecule has 0 atom stereocenters. The van der Waals surface area contributed by atoms with Crippen LogP contribution >= 0.6 is 24.8 Å². The van der Waals surface area contributed by atoms with E-state index in [-0.39, 0.29) is 12.3 Å². The van der Waals surface area contributed by atoms with E-state index in [1.807, 2.05) is 0 Å². The predicted octanol–water partition coefficient (Wildman–Crippen LogP) is 0.585. The lowest BCUT2D eigenvalue weighted by Gasteiger charge is -2.20. The number of thiocarbonyl (C=S) groups is 1. The second-order valence-corrected chi connectivity index (χ2v) is 6.00. The molecule has 0 unspecified atom stereocenters. The summed E-state index contributed by atoms with van der Waals surface area (Å²) in [6, 6.07) is 3.52. The van der Waals surface area contributed by atoms with E-state index in [9.17, 15) is 8.42 Å². The van der Waals surface area contributed by atoms with Gasteiger partial charge in [0.15, 0.2) is 0 Å². The number of rotatable bonds is 5. The Morgan fingerprint density at radius 2 is 2.31 bits per heavy atom. The van der Waals surface area contributed by atoms with Gasteiger partial charge in [-0.2, -0.15) is 0 Å². The fourth-order valence-corrected chi connectivity index (χ4v) is 1.87. The largest absolute Gasteiger partial charge is 0.467 e. The highest BCUT2D eigenvalue weighted by Crippen LogP contribution is 2.08. The fourth-order valence-electron chi connectivity index (χ4n) is 1.07. The molecule has 0 bridgehead atoms. The number of sulfonamides is 1. The summed E-state index contributed by atoms with van der Waals surface area (Å²) in [6.45, 7) is 0.576. The Morgan fingerprint density at radius 1 is 1.62 bits per heavy atom. The summed E-state index contributed by atoms with van der Waals surface area (Å²) in [4.78, 5) is 1.60. The first-order valence-corrected chi connectivity index (χ1v) is 6.96. The average molecular weight is 280 g/mol. The molecule has 1 heterocycles. The van der Waals surface area contributed by atoms with Crippen LogP contribution in [0.15, 0.2) is 22.8 Å². The van der Waals surface area contributed by atoms with Crippen LogP contribution < -0.4 is 5.14 Å². The van der Waals surface area contributed by atoms with E-state index >= 15 is 0 Å². The third-order valence-electron chi connectivity index (χ3n) is 1.84. The Labute approximate surface area is 105 Å². The van der Waals surface area contributed by atoms with Gasteiger partial charge in [-0.15, -0.1) is 12.6 Å². The third kappa shape index (κ3) is 4.97. The van der Waals surface area contributed by atoms with E-state index in [4.69, 9.17) is 21.8 Å². The zero-order valence-corrected chi connectivity index (χ0v) is 10.9. The van der Waals surface area contributed by atoms with Crippen molar-refractivity contribution < 1.29 is 12.8 Å². The van der Waals surface area contributed by atoms with Crippen LogP contribution in [0, 0.1) is 0 Å². The van der Waals surface area contributed by atoms with Crippen molar-refractivity contribution >= 4 is 39.2 Å². The highest BCUT2D eigenvalue weighted by molar-refractivity contribution is 8.10. The van der Waals surface area contributed by atoms with Crippen molar-refractivity contribution in [3.05, 3.63) is 24.2 Å². The smallest absolute Gasteiger partial charge is 0.210 e. The maximum absolute atomic E-state index is 10.8. The lowest BCUT2D eigenvalue weighted by atomic mass is 10.4. The highest BCUT2D eigenvalue weighted by Gasteiger charge is 2.12. The van der Waals surface area contributed by atoms with E-state index in [0.717, 1.165) is 0 Å². The van der Waals surface area contributed by atoms with Crippen molar-refractivity contribution in [3.63, 3.8) is 0 Å². The molecular formula is C8H12N2O3S3. The van der Waals surface area contributed by atoms with Crippen molar-refractivity contribution in [3.8, 4) is 0 Å². The molecule has 1 aromatic heterocycles. The summed E-state index contributed by atoms with van der Waals surface area (Å²) in [7, 11) is -3.50. The zero-order chi connectivity index (χ0) is 12.2. The van der Waals surface area contributed by atoms with E-state index in [2.05, 4.69) is 12.6 Å². The minimum atomic E-state index is -3.50. The van der Waals surface area contributed by atoms with Gasteiger partial charge in [0.05, 0.1) is 18.6 Å². The predicted molar refractivity (Wildman–Crippen MR) is 68.7 cm³/mol. The number of nitrogens with two attached hydrogens (primary N) is 1. The SMILES string of the molecule is NS(=O)(=O)CCN(Cc1ccco1)C(=S)S. The average Bonchev–Trinajstić information content (AvgIpc) is 2.62. The molecule has 0 spiro atoms. The van der Waals surface area contributed by atoms with Crippen LogP contribution in [0.25, 0.3) is 0 Å². The number of hydrogen-bond acceptors (Lipinski definition) is 4. The van der Waals surface area contributed by atoms with Crippen molar-refractivity contribution in [1.82, 2.24) is 4.90 Å². The Kier molecular flexibility index (Phi) is 4.78. The third-order valence-corrected chi connectivity index (χ3v) is 3.14. The number of furan rings is 1. The quantitative estimate of drug-likeness (QED) is 0.609. The summed E-state index contributed by atoms with van der Waals surface area (Å²) in [5.74, 6) is 0.514. The topological polar surface area (TPSA) is 76.5 Å². The van der Waals surface area contributed by atoms with Crippen LogP contribution in [-0.2, 0) is 16.6 Å². The first-order chi connectivity index (χ1) is 7.38. The van der Waals surface area contributed by atoms with Gasteiger partial charge in [0.25, 0.3) is 0 Å². The van der Waals surface area contributed by atoms with Gasteiger partial charge in [0.2, 0.25) is 10.0 Å². The minimum absolute atomic E-state index is 0.172. The first kappa shape index (κ1) is 13.5. The molecule has 1 aromatic rings. The van der Waals surface area contributed by atoms with Gasteiger partial charge in [0, 0.05) is 6.54 Å². The Morgan fingerprint density at radius 3 is 2.75 bits per heavy atom. The summed E-state index contributed by atoms with van der Waals surface area (Å²) in [5.41, 5.74) is 0. The molecule has 0 aliphatic rings. The highest BCUT2D eigenvalue weighted by atomic mass is 32.2. The molecule has 0 aliphatic carbocycles. The molecule has 90 valence electrons. The van der Waals surface area contributed by atoms with Crippen LogP contribution in [0.5, 0.6) is 0 Å². The number of nitrogens with zero attached hydrogens (tertiary/aromatic N) is 1. The second kappa shape index (κ2) is 5.67. The van der Waals surface area contributed by atoms with Gasteiger partial charge >= 0.3 is 0 Å². The maximum Gasteiger partial charge on any atom is 0.210 e. The van der Waals surface area contributed by atoms with Gasteiger partial charge in [-0.25, -0.2) is 13.6 Å². The summed E-state index contributed by atoms with van der Waals surface area (Å²) in [5, 5.41) is 4.91. The van der Waals surface area contributed by atoms with E-state index in [0.29, 0.717) is 16.6 Å². The standard InChI is InChI=1S/C8H12N2O3S3/c9-16(11,12)5-3-10(8(14)15)6-7-2-1-4-13-7/h1-2,4H,3,5-6H2,(H,14,15)(H2,9,11,12). The lowest BCUT2D eigenvalue weighted by Crippen LogP contribution is -2.33. The van der Waals surface area contributed by atoms with Crippen molar-refractivity contribution in [2.75, 3.05) is 12.3 Å². The van der Waals surface area contributed by atoms with Crippen molar-refractivity contribution in [2.45, 2.75) is 6.54 Å². The molecule has 0 saturated carbocycles. The lowest BCUT2D eigenvalue weighted by molar-refractivity contribution is 0.385. The van der Waals surface area contributed by atoms with Gasteiger partial charge < -0.3 is 9.32 Å². The molecular weight excluding hydrogens is 268 g/mol. The van der Waals surface area contributed by atoms with Crippen LogP contribution in [0.1, 0.15) is 5.76 Å². The van der Waals surface area contributed by atoms with E-state index in [1.165, 1.54) is 6.26 Å². The second-order valence-electron chi connectivity index (χ2n) is 3.15. The zero-order valence-electron chi connectivity index (χ0n) is 8.37. The molecule has 8 heteroatoms. The minimum Gasteiger partial charge on any atom is -0.467 e. The van der Waals surface area contributed by atoms with E-state index in [1.54, 1.807) is 17.0 Å². The molecule has 2 N–H and O–H groups in total. The van der Waals surface area contributed by atoms with Crippen molar-refractivity contribution in [1.29, 1.82) is 0 Å². The van der Waals surface area contributed by atoms with Crippen LogP contribution in [0.2, 0.25) is 0 Å². The van der Waals surface area contributed by atoms with Gasteiger partial charge in [-0.05, 0) is 12.1 Å². The molecule has 1 rings (SSSR count). The Balaban J connectivity index is 2.59. The van der Waals surface area contributed by atoms with Gasteiger partial charge in [-0.3, -0.25) is 0 Å². The monoisotopic (exact) mass is 280 g/mol. The Hall–Kier alpha value is -0.570.